The van der Waals surface area contributed by atoms with Gasteiger partial charge in [-0.15, -0.1) is 0 Å². The summed E-state index contributed by atoms with van der Waals surface area (Å²) in [7, 11) is -3.08. The number of hydrogen-bond acceptors (Lipinski definition) is 5. The molecule has 15 heavy (non-hydrogen) atoms. The summed E-state index contributed by atoms with van der Waals surface area (Å²) in [5.41, 5.74) is 6.40. The Morgan fingerprint density at radius 1 is 1.53 bits per heavy atom. The van der Waals surface area contributed by atoms with Gasteiger partial charge in [0.2, 0.25) is 0 Å². The fraction of sp³-hybridized carbons (Fsp3) is 0.556. The van der Waals surface area contributed by atoms with Crippen LogP contribution in [-0.4, -0.2) is 30.7 Å². The normalized spacial score (nSPS) is 13.8. The maximum atomic E-state index is 11.0. The quantitative estimate of drug-likeness (QED) is 0.780. The van der Waals surface area contributed by atoms with E-state index in [9.17, 15) is 8.42 Å². The highest BCUT2D eigenvalue weighted by Gasteiger charge is 2.08. The van der Waals surface area contributed by atoms with Crippen LogP contribution in [0.15, 0.2) is 12.3 Å². The summed E-state index contributed by atoms with van der Waals surface area (Å²) in [4.78, 5) is 8.03. The third-order valence-corrected chi connectivity index (χ3v) is 2.47. The molecule has 0 amide bonds. The molecule has 0 fully saturated rings. The highest BCUT2D eigenvalue weighted by molar-refractivity contribution is 7.89. The summed E-state index contributed by atoms with van der Waals surface area (Å²) in [5, 5.41) is 0. The first-order valence-electron chi connectivity index (χ1n) is 4.61. The molecule has 84 valence electrons. The third-order valence-electron chi connectivity index (χ3n) is 1.69. The van der Waals surface area contributed by atoms with Gasteiger partial charge in [0.25, 0.3) is 0 Å². The zero-order valence-corrected chi connectivity index (χ0v) is 9.66. The van der Waals surface area contributed by atoms with Gasteiger partial charge in [-0.05, 0) is 13.0 Å². The number of hydrogen-bond donors (Lipinski definition) is 1. The lowest BCUT2D eigenvalue weighted by atomic mass is 10.2. The number of rotatable bonds is 4. The van der Waals surface area contributed by atoms with Gasteiger partial charge in [0.1, 0.15) is 11.6 Å². The lowest BCUT2D eigenvalue weighted by Crippen LogP contribution is -2.19. The predicted octanol–water partition coefficient (Wildman–Crippen LogP) is -0.0891. The Hall–Kier alpha value is -1.01. The third kappa shape index (κ3) is 4.85. The summed E-state index contributed by atoms with van der Waals surface area (Å²) < 4.78 is 22.1. The van der Waals surface area contributed by atoms with Crippen LogP contribution in [0, 0.1) is 0 Å². The number of aromatic nitrogens is 2. The average molecular weight is 229 g/mol. The highest BCUT2D eigenvalue weighted by Crippen LogP contribution is 2.02. The largest absolute Gasteiger partial charge is 0.328 e. The van der Waals surface area contributed by atoms with Crippen molar-refractivity contribution in [2.24, 2.45) is 5.73 Å². The molecule has 6 heteroatoms. The summed E-state index contributed by atoms with van der Waals surface area (Å²) in [6.45, 7) is 1.87. The first-order valence-corrected chi connectivity index (χ1v) is 6.67. The van der Waals surface area contributed by atoms with Crippen LogP contribution in [0.1, 0.15) is 18.4 Å². The van der Waals surface area contributed by atoms with Crippen molar-refractivity contribution in [1.82, 2.24) is 9.97 Å². The van der Waals surface area contributed by atoms with Crippen molar-refractivity contribution < 1.29 is 8.42 Å². The van der Waals surface area contributed by atoms with E-state index in [0.29, 0.717) is 12.2 Å². The van der Waals surface area contributed by atoms with E-state index in [4.69, 9.17) is 5.73 Å². The minimum absolute atomic E-state index is 0.00554. The van der Waals surface area contributed by atoms with Crippen LogP contribution < -0.4 is 5.73 Å². The highest BCUT2D eigenvalue weighted by atomic mass is 32.2. The molecule has 0 saturated heterocycles. The Morgan fingerprint density at radius 2 is 2.20 bits per heavy atom. The van der Waals surface area contributed by atoms with E-state index in [1.54, 1.807) is 12.3 Å². The molecule has 2 N–H and O–H groups in total. The molecule has 1 aromatic rings. The van der Waals surface area contributed by atoms with E-state index >= 15 is 0 Å². The minimum Gasteiger partial charge on any atom is -0.328 e. The molecular weight excluding hydrogens is 214 g/mol. The molecule has 1 heterocycles. The monoisotopic (exact) mass is 229 g/mol. The van der Waals surface area contributed by atoms with Gasteiger partial charge in [0.05, 0.1) is 0 Å². The second kappa shape index (κ2) is 4.67. The molecule has 1 unspecified atom stereocenters. The lowest BCUT2D eigenvalue weighted by molar-refractivity contribution is 0.599. The standard InChI is InChI=1S/C9H15N3O2S/c1-7(10)5-8-3-4-11-9(12-8)6-15(2,13)14/h3-4,7H,5-6,10H2,1-2H3. The molecule has 0 aromatic carbocycles. The van der Waals surface area contributed by atoms with Gasteiger partial charge in [0, 0.05) is 30.6 Å². The van der Waals surface area contributed by atoms with Crippen LogP contribution in [0.25, 0.3) is 0 Å². The number of nitrogens with zero attached hydrogens (tertiary/aromatic N) is 2. The molecule has 0 saturated carbocycles. The second-order valence-electron chi connectivity index (χ2n) is 3.72. The van der Waals surface area contributed by atoms with E-state index in [1.165, 1.54) is 0 Å². The van der Waals surface area contributed by atoms with Crippen molar-refractivity contribution in [2.45, 2.75) is 25.1 Å². The fourth-order valence-corrected chi connectivity index (χ4v) is 1.80. The van der Waals surface area contributed by atoms with Gasteiger partial charge in [-0.25, -0.2) is 18.4 Å². The van der Waals surface area contributed by atoms with Crippen molar-refractivity contribution in [2.75, 3.05) is 6.26 Å². The van der Waals surface area contributed by atoms with Crippen molar-refractivity contribution in [1.29, 1.82) is 0 Å². The van der Waals surface area contributed by atoms with Crippen LogP contribution in [-0.2, 0) is 22.0 Å². The molecule has 0 bridgehead atoms. The molecule has 0 aliphatic rings. The molecule has 0 aliphatic heterocycles. The molecule has 1 aromatic heterocycles. The van der Waals surface area contributed by atoms with Crippen LogP contribution >= 0.6 is 0 Å². The number of sulfone groups is 1. The van der Waals surface area contributed by atoms with E-state index in [2.05, 4.69) is 9.97 Å². The topological polar surface area (TPSA) is 85.9 Å². The van der Waals surface area contributed by atoms with Crippen molar-refractivity contribution in [3.8, 4) is 0 Å². The van der Waals surface area contributed by atoms with Gasteiger partial charge < -0.3 is 5.73 Å². The van der Waals surface area contributed by atoms with Gasteiger partial charge >= 0.3 is 0 Å². The van der Waals surface area contributed by atoms with Crippen LogP contribution in [0.2, 0.25) is 0 Å². The van der Waals surface area contributed by atoms with E-state index in [1.807, 2.05) is 6.92 Å². The summed E-state index contributed by atoms with van der Waals surface area (Å²) in [6, 6.07) is 1.75. The molecule has 1 rings (SSSR count). The second-order valence-corrected chi connectivity index (χ2v) is 5.86. The summed E-state index contributed by atoms with van der Waals surface area (Å²) >= 11 is 0. The van der Waals surface area contributed by atoms with E-state index < -0.39 is 9.84 Å². The first-order chi connectivity index (χ1) is 6.87. The zero-order chi connectivity index (χ0) is 11.5. The molecule has 0 radical (unpaired) electrons. The molecular formula is C9H15N3O2S. The Labute approximate surface area is 89.7 Å². The summed E-state index contributed by atoms with van der Waals surface area (Å²) in [5.74, 6) is 0.204. The smallest absolute Gasteiger partial charge is 0.154 e. The first kappa shape index (κ1) is 12.1. The summed E-state index contributed by atoms with van der Waals surface area (Å²) in [6.07, 6.45) is 3.35. The van der Waals surface area contributed by atoms with Gasteiger partial charge in [-0.2, -0.15) is 0 Å². The SMILES string of the molecule is CC(N)Cc1ccnc(CS(C)(=O)=O)n1. The van der Waals surface area contributed by atoms with E-state index in [-0.39, 0.29) is 11.8 Å². The maximum Gasteiger partial charge on any atom is 0.154 e. The fourth-order valence-electron chi connectivity index (χ4n) is 1.19. The lowest BCUT2D eigenvalue weighted by Gasteiger charge is -2.05. The minimum atomic E-state index is -3.08. The zero-order valence-electron chi connectivity index (χ0n) is 8.84. The van der Waals surface area contributed by atoms with Crippen LogP contribution in [0.4, 0.5) is 0 Å². The Morgan fingerprint density at radius 3 is 2.73 bits per heavy atom. The maximum absolute atomic E-state index is 11.0. The Bertz CT molecular complexity index is 429. The van der Waals surface area contributed by atoms with Crippen LogP contribution in [0.5, 0.6) is 0 Å². The average Bonchev–Trinajstić information content (AvgIpc) is 1.99. The molecule has 0 spiro atoms. The van der Waals surface area contributed by atoms with Gasteiger partial charge in [-0.1, -0.05) is 0 Å². The van der Waals surface area contributed by atoms with Gasteiger partial charge in [0.15, 0.2) is 9.84 Å². The Kier molecular flexibility index (Phi) is 3.76. The van der Waals surface area contributed by atoms with Crippen molar-refractivity contribution in [3.63, 3.8) is 0 Å². The van der Waals surface area contributed by atoms with Crippen LogP contribution in [0.3, 0.4) is 0 Å². The molecule has 5 nitrogen and oxygen atoms in total. The number of nitrogens with two attached hydrogens (primary N) is 1. The van der Waals surface area contributed by atoms with Crippen molar-refractivity contribution in [3.05, 3.63) is 23.8 Å². The van der Waals surface area contributed by atoms with Crippen molar-refractivity contribution >= 4 is 9.84 Å². The van der Waals surface area contributed by atoms with E-state index in [0.717, 1.165) is 11.9 Å². The molecule has 0 aliphatic carbocycles. The molecule has 1 atom stereocenters. The predicted molar refractivity (Wildman–Crippen MR) is 57.9 cm³/mol. The van der Waals surface area contributed by atoms with Gasteiger partial charge in [-0.3, -0.25) is 0 Å². The Balaban J connectivity index is 2.83.